The van der Waals surface area contributed by atoms with Gasteiger partial charge in [0.15, 0.2) is 6.61 Å². The summed E-state index contributed by atoms with van der Waals surface area (Å²) in [5, 5.41) is 2.09. The second-order valence-electron chi connectivity index (χ2n) is 7.86. The summed E-state index contributed by atoms with van der Waals surface area (Å²) in [6.45, 7) is 1.16. The number of para-hydroxylation sites is 1. The number of carbonyl (C=O) groups is 2. The van der Waals surface area contributed by atoms with E-state index in [1.54, 1.807) is 30.6 Å². The monoisotopic (exact) mass is 464 g/mol. The maximum absolute atomic E-state index is 13.5. The fourth-order valence-corrected chi connectivity index (χ4v) is 4.98. The number of hydrogen-bond acceptors (Lipinski definition) is 5. The maximum atomic E-state index is 13.5. The van der Waals surface area contributed by atoms with Crippen LogP contribution < -0.4 is 4.74 Å². The number of benzene rings is 2. The summed E-state index contributed by atoms with van der Waals surface area (Å²) in [6, 6.07) is 21.2. The largest absolute Gasteiger partial charge is 0.484 e. The number of nitrogens with zero attached hydrogens (tertiary/aromatic N) is 2. The highest BCUT2D eigenvalue weighted by Crippen LogP contribution is 2.37. The van der Waals surface area contributed by atoms with Crippen molar-refractivity contribution in [2.45, 2.75) is 12.5 Å². The van der Waals surface area contributed by atoms with Crippen LogP contribution in [0.5, 0.6) is 5.75 Å². The summed E-state index contributed by atoms with van der Waals surface area (Å²) in [4.78, 5) is 31.2. The molecule has 3 aromatic rings. The quantitative estimate of drug-likeness (QED) is 0.484. The summed E-state index contributed by atoms with van der Waals surface area (Å²) >= 11 is 1.74. The Balaban J connectivity index is 1.49. The average Bonchev–Trinajstić information content (AvgIpc) is 3.34. The fourth-order valence-electron chi connectivity index (χ4n) is 4.08. The molecule has 1 aliphatic heterocycles. The van der Waals surface area contributed by atoms with Crippen LogP contribution in [0.3, 0.4) is 0 Å². The molecule has 6 nitrogen and oxygen atoms in total. The number of ether oxygens (including phenoxy) is 2. The van der Waals surface area contributed by atoms with Crippen LogP contribution in [0.15, 0.2) is 72.1 Å². The second-order valence-corrected chi connectivity index (χ2v) is 8.86. The van der Waals surface area contributed by atoms with Gasteiger partial charge in [0.1, 0.15) is 5.75 Å². The van der Waals surface area contributed by atoms with E-state index in [-0.39, 0.29) is 31.0 Å². The lowest BCUT2D eigenvalue weighted by atomic mass is 9.93. The van der Waals surface area contributed by atoms with Gasteiger partial charge in [0, 0.05) is 25.1 Å². The predicted molar refractivity (Wildman–Crippen MR) is 128 cm³/mol. The molecular formula is C26H28N2O4S. The summed E-state index contributed by atoms with van der Waals surface area (Å²) in [5.74, 6) is 0.299. The lowest BCUT2D eigenvalue weighted by Gasteiger charge is -2.37. The molecule has 33 heavy (non-hydrogen) atoms. The number of amides is 2. The van der Waals surface area contributed by atoms with Gasteiger partial charge in [0.2, 0.25) is 5.91 Å². The first-order valence-corrected chi connectivity index (χ1v) is 11.9. The standard InChI is InChI=1S/C26H28N2O4S/c1-31-16-15-27(25(30)19-32-21-10-6-3-7-11-21)18-24(29)28-14-12-23-22(13-17-33-23)26(28)20-8-4-2-5-9-20/h2-11,13,17,26H,12,14-16,18-19H2,1H3. The molecule has 4 rings (SSSR count). The van der Waals surface area contributed by atoms with Crippen molar-refractivity contribution in [2.24, 2.45) is 0 Å². The Bertz CT molecular complexity index is 1050. The minimum atomic E-state index is -0.242. The van der Waals surface area contributed by atoms with Crippen molar-refractivity contribution in [2.75, 3.05) is 40.0 Å². The first kappa shape index (κ1) is 23.0. The van der Waals surface area contributed by atoms with Crippen LogP contribution in [-0.2, 0) is 20.7 Å². The molecule has 1 atom stereocenters. The van der Waals surface area contributed by atoms with E-state index in [9.17, 15) is 9.59 Å². The smallest absolute Gasteiger partial charge is 0.261 e. The molecule has 0 saturated heterocycles. The van der Waals surface area contributed by atoms with E-state index in [1.807, 2.05) is 41.3 Å². The normalized spacial score (nSPS) is 15.1. The van der Waals surface area contributed by atoms with Gasteiger partial charge >= 0.3 is 0 Å². The highest BCUT2D eigenvalue weighted by atomic mass is 32.1. The zero-order valence-electron chi connectivity index (χ0n) is 18.7. The average molecular weight is 465 g/mol. The number of hydrogen-bond donors (Lipinski definition) is 0. The van der Waals surface area contributed by atoms with E-state index >= 15 is 0 Å². The molecule has 0 fully saturated rings. The van der Waals surface area contributed by atoms with Crippen LogP contribution in [0.4, 0.5) is 0 Å². The van der Waals surface area contributed by atoms with Gasteiger partial charge in [-0.1, -0.05) is 48.5 Å². The molecule has 2 aromatic carbocycles. The van der Waals surface area contributed by atoms with Crippen LogP contribution in [0.25, 0.3) is 0 Å². The summed E-state index contributed by atoms with van der Waals surface area (Å²) in [5.41, 5.74) is 2.25. The molecule has 2 heterocycles. The molecule has 0 radical (unpaired) electrons. The Morgan fingerprint density at radius 3 is 2.52 bits per heavy atom. The SMILES string of the molecule is COCCN(CC(=O)N1CCc2sccc2C1c1ccccc1)C(=O)COc1ccccc1. The molecule has 0 aliphatic carbocycles. The molecule has 0 bridgehead atoms. The first-order chi connectivity index (χ1) is 16.2. The summed E-state index contributed by atoms with van der Waals surface area (Å²) in [6.07, 6.45) is 0.825. The lowest BCUT2D eigenvalue weighted by Crippen LogP contribution is -2.48. The van der Waals surface area contributed by atoms with Crippen molar-refractivity contribution in [3.8, 4) is 5.75 Å². The van der Waals surface area contributed by atoms with Gasteiger partial charge in [-0.25, -0.2) is 0 Å². The molecule has 1 aliphatic rings. The third-order valence-electron chi connectivity index (χ3n) is 5.75. The maximum Gasteiger partial charge on any atom is 0.261 e. The minimum absolute atomic E-state index is 0.0108. The number of rotatable bonds is 9. The molecular weight excluding hydrogens is 436 g/mol. The van der Waals surface area contributed by atoms with E-state index in [1.165, 1.54) is 15.3 Å². The van der Waals surface area contributed by atoms with Crippen LogP contribution >= 0.6 is 11.3 Å². The van der Waals surface area contributed by atoms with Crippen molar-refractivity contribution in [3.63, 3.8) is 0 Å². The fraction of sp³-hybridized carbons (Fsp3) is 0.308. The van der Waals surface area contributed by atoms with Gasteiger partial charge < -0.3 is 19.3 Å². The van der Waals surface area contributed by atoms with E-state index in [4.69, 9.17) is 9.47 Å². The van der Waals surface area contributed by atoms with Crippen molar-refractivity contribution in [1.82, 2.24) is 9.80 Å². The Morgan fingerprint density at radius 1 is 1.06 bits per heavy atom. The number of methoxy groups -OCH3 is 1. The zero-order valence-corrected chi connectivity index (χ0v) is 19.5. The van der Waals surface area contributed by atoms with Crippen molar-refractivity contribution >= 4 is 23.2 Å². The van der Waals surface area contributed by atoms with Gasteiger partial charge in [-0.15, -0.1) is 11.3 Å². The van der Waals surface area contributed by atoms with E-state index in [2.05, 4.69) is 23.6 Å². The summed E-state index contributed by atoms with van der Waals surface area (Å²) in [7, 11) is 1.58. The molecule has 0 spiro atoms. The van der Waals surface area contributed by atoms with Gasteiger partial charge in [-0.05, 0) is 41.1 Å². The van der Waals surface area contributed by atoms with Gasteiger partial charge in [0.05, 0.1) is 19.2 Å². The van der Waals surface area contributed by atoms with Crippen LogP contribution in [0, 0.1) is 0 Å². The van der Waals surface area contributed by atoms with Crippen molar-refractivity contribution in [3.05, 3.63) is 88.1 Å². The molecule has 172 valence electrons. The van der Waals surface area contributed by atoms with E-state index < -0.39 is 0 Å². The molecule has 1 aromatic heterocycles. The van der Waals surface area contributed by atoms with Crippen molar-refractivity contribution in [1.29, 1.82) is 0 Å². The van der Waals surface area contributed by atoms with E-state index in [0.717, 1.165) is 12.0 Å². The molecule has 7 heteroatoms. The number of thiophene rings is 1. The van der Waals surface area contributed by atoms with Crippen LogP contribution in [0.1, 0.15) is 22.0 Å². The van der Waals surface area contributed by atoms with Crippen molar-refractivity contribution < 1.29 is 19.1 Å². The minimum Gasteiger partial charge on any atom is -0.484 e. The predicted octanol–water partition coefficient (Wildman–Crippen LogP) is 3.78. The van der Waals surface area contributed by atoms with Crippen LogP contribution in [-0.4, -0.2) is 61.6 Å². The second kappa shape index (κ2) is 11.1. The highest BCUT2D eigenvalue weighted by molar-refractivity contribution is 7.10. The lowest BCUT2D eigenvalue weighted by molar-refractivity contribution is -0.143. The number of carbonyl (C=O) groups excluding carboxylic acids is 2. The van der Waals surface area contributed by atoms with Gasteiger partial charge in [0.25, 0.3) is 5.91 Å². The first-order valence-electron chi connectivity index (χ1n) is 11.0. The molecule has 0 N–H and O–H groups in total. The van der Waals surface area contributed by atoms with E-state index in [0.29, 0.717) is 25.4 Å². The Morgan fingerprint density at radius 2 is 1.79 bits per heavy atom. The van der Waals surface area contributed by atoms with Gasteiger partial charge in [-0.2, -0.15) is 0 Å². The molecule has 0 saturated carbocycles. The Labute approximate surface area is 198 Å². The Hall–Kier alpha value is -3.16. The highest BCUT2D eigenvalue weighted by Gasteiger charge is 2.33. The third-order valence-corrected chi connectivity index (χ3v) is 6.75. The molecule has 2 amide bonds. The summed E-state index contributed by atoms with van der Waals surface area (Å²) < 4.78 is 10.8. The third kappa shape index (κ3) is 5.61. The molecule has 1 unspecified atom stereocenters. The zero-order chi connectivity index (χ0) is 23.0. The van der Waals surface area contributed by atoms with Gasteiger partial charge in [-0.3, -0.25) is 9.59 Å². The van der Waals surface area contributed by atoms with Crippen LogP contribution in [0.2, 0.25) is 0 Å². The Kier molecular flexibility index (Phi) is 7.75. The number of fused-ring (bicyclic) bond motifs is 1. The topological polar surface area (TPSA) is 59.1 Å².